The Morgan fingerprint density at radius 3 is 2.44 bits per heavy atom. The largest absolute Gasteiger partial charge is 0.483 e. The van der Waals surface area contributed by atoms with Gasteiger partial charge in [-0.1, -0.05) is 36.4 Å². The second-order valence-electron chi connectivity index (χ2n) is 6.70. The molecule has 6 nitrogen and oxygen atoms in total. The molecule has 1 aromatic heterocycles. The second kappa shape index (κ2) is 8.16. The molecule has 1 aliphatic heterocycles. The maximum Gasteiger partial charge on any atom is 0.290 e. The third kappa shape index (κ3) is 4.24. The Hall–Kier alpha value is -2.96. The number of β-amino-alcohol motifs (C(OH)–C–C–N with tert-alkyl or cyclic N) is 1. The van der Waals surface area contributed by atoms with E-state index in [-0.39, 0.29) is 18.1 Å². The van der Waals surface area contributed by atoms with Gasteiger partial charge in [-0.3, -0.25) is 14.5 Å². The zero-order valence-electron chi connectivity index (χ0n) is 15.1. The summed E-state index contributed by atoms with van der Waals surface area (Å²) in [6.07, 6.45) is -0.171. The van der Waals surface area contributed by atoms with Crippen molar-refractivity contribution in [2.75, 3.05) is 13.1 Å². The van der Waals surface area contributed by atoms with Gasteiger partial charge in [-0.2, -0.15) is 0 Å². The van der Waals surface area contributed by atoms with Crippen LogP contribution in [0.15, 0.2) is 53.3 Å². The molecule has 2 heterocycles. The molecule has 140 valence electrons. The number of aryl methyl sites for hydroxylation is 1. The molecule has 0 spiro atoms. The van der Waals surface area contributed by atoms with Crippen LogP contribution in [0.5, 0.6) is 0 Å². The van der Waals surface area contributed by atoms with Gasteiger partial charge in [0.25, 0.3) is 12.0 Å². The van der Waals surface area contributed by atoms with Crippen molar-refractivity contribution in [3.05, 3.63) is 70.0 Å². The molecule has 1 aliphatic rings. The number of rotatable bonds is 3. The summed E-state index contributed by atoms with van der Waals surface area (Å²) in [5.74, 6) is 0. The van der Waals surface area contributed by atoms with Crippen molar-refractivity contribution in [1.82, 2.24) is 9.88 Å². The molecule has 0 radical (unpaired) electrons. The maximum absolute atomic E-state index is 12.3. The standard InChI is InChI=1S/C20H20N2O2.CH2O2/c1-13-3-2-4-17-18(13)9-19(21-20(17)24)15-7-5-14(6-8-15)10-22-11-16(23)12-22;2-1-3/h2-9,16,23H,10-12H2,1H3,(H,21,24);1H,(H,2,3). The molecule has 0 atom stereocenters. The van der Waals surface area contributed by atoms with Crippen molar-refractivity contribution < 1.29 is 15.0 Å². The number of fused-ring (bicyclic) bond motifs is 1. The first kappa shape index (κ1) is 18.8. The fourth-order valence-electron chi connectivity index (χ4n) is 3.32. The lowest BCUT2D eigenvalue weighted by Crippen LogP contribution is -2.49. The lowest BCUT2D eigenvalue weighted by Gasteiger charge is -2.35. The molecule has 0 unspecified atom stereocenters. The number of carboxylic acid groups (broad SMARTS) is 1. The van der Waals surface area contributed by atoms with Crippen LogP contribution in [0.25, 0.3) is 22.0 Å². The predicted octanol–water partition coefficient (Wildman–Crippen LogP) is 2.38. The Kier molecular flexibility index (Phi) is 5.69. The van der Waals surface area contributed by atoms with Crippen molar-refractivity contribution in [3.8, 4) is 11.3 Å². The summed E-state index contributed by atoms with van der Waals surface area (Å²) in [4.78, 5) is 25.9. The quantitative estimate of drug-likeness (QED) is 0.619. The van der Waals surface area contributed by atoms with Crippen LogP contribution < -0.4 is 5.56 Å². The monoisotopic (exact) mass is 366 g/mol. The number of hydrogen-bond acceptors (Lipinski definition) is 4. The fraction of sp³-hybridized carbons (Fsp3) is 0.238. The first-order chi connectivity index (χ1) is 13.0. The smallest absolute Gasteiger partial charge is 0.290 e. The summed E-state index contributed by atoms with van der Waals surface area (Å²) in [6, 6.07) is 16.1. The molecule has 0 bridgehead atoms. The van der Waals surface area contributed by atoms with Gasteiger partial charge in [0.2, 0.25) is 0 Å². The van der Waals surface area contributed by atoms with Gasteiger partial charge in [-0.15, -0.1) is 0 Å². The Balaban J connectivity index is 0.000000659. The van der Waals surface area contributed by atoms with Crippen LogP contribution >= 0.6 is 0 Å². The van der Waals surface area contributed by atoms with Crippen LogP contribution in [0.1, 0.15) is 11.1 Å². The van der Waals surface area contributed by atoms with E-state index in [0.717, 1.165) is 47.2 Å². The van der Waals surface area contributed by atoms with Crippen molar-refractivity contribution in [1.29, 1.82) is 0 Å². The van der Waals surface area contributed by atoms with Gasteiger partial charge >= 0.3 is 0 Å². The van der Waals surface area contributed by atoms with E-state index in [1.54, 1.807) is 0 Å². The van der Waals surface area contributed by atoms with E-state index in [1.165, 1.54) is 5.56 Å². The molecular weight excluding hydrogens is 344 g/mol. The number of nitrogens with one attached hydrogen (secondary N) is 1. The molecule has 4 rings (SSSR count). The minimum atomic E-state index is -0.250. The van der Waals surface area contributed by atoms with Crippen molar-refractivity contribution in [3.63, 3.8) is 0 Å². The normalized spacial score (nSPS) is 14.3. The number of benzene rings is 2. The number of aromatic nitrogens is 1. The van der Waals surface area contributed by atoms with Gasteiger partial charge in [-0.25, -0.2) is 0 Å². The number of likely N-dealkylation sites (tertiary alicyclic amines) is 1. The SMILES string of the molecule is Cc1cccc2c(=O)[nH]c(-c3ccc(CN4CC(O)C4)cc3)cc12.O=CO. The van der Waals surface area contributed by atoms with Gasteiger partial charge in [0.1, 0.15) is 0 Å². The highest BCUT2D eigenvalue weighted by Crippen LogP contribution is 2.23. The highest BCUT2D eigenvalue weighted by molar-refractivity contribution is 5.87. The van der Waals surface area contributed by atoms with Crippen LogP contribution in [0.2, 0.25) is 0 Å². The van der Waals surface area contributed by atoms with Crippen molar-refractivity contribution >= 4 is 17.2 Å². The summed E-state index contributed by atoms with van der Waals surface area (Å²) in [5.41, 5.74) is 4.11. The average Bonchev–Trinajstić information content (AvgIpc) is 2.62. The van der Waals surface area contributed by atoms with Crippen molar-refractivity contribution in [2.45, 2.75) is 19.6 Å². The average molecular weight is 366 g/mol. The summed E-state index contributed by atoms with van der Waals surface area (Å²) in [7, 11) is 0. The van der Waals surface area contributed by atoms with Crippen LogP contribution in [-0.4, -0.2) is 45.8 Å². The molecule has 27 heavy (non-hydrogen) atoms. The number of carbonyl (C=O) groups is 1. The van der Waals surface area contributed by atoms with Gasteiger partial charge in [0, 0.05) is 30.7 Å². The predicted molar refractivity (Wildman–Crippen MR) is 105 cm³/mol. The second-order valence-corrected chi connectivity index (χ2v) is 6.70. The van der Waals surface area contributed by atoms with Gasteiger partial charge < -0.3 is 15.2 Å². The van der Waals surface area contributed by atoms with Crippen LogP contribution in [0.3, 0.4) is 0 Å². The molecule has 6 heteroatoms. The molecule has 3 N–H and O–H groups in total. The minimum absolute atomic E-state index is 0.0511. The summed E-state index contributed by atoms with van der Waals surface area (Å²) in [6.45, 7) is 4.12. The van der Waals surface area contributed by atoms with Gasteiger partial charge in [-0.05, 0) is 41.1 Å². The number of hydrogen-bond donors (Lipinski definition) is 3. The summed E-state index contributed by atoms with van der Waals surface area (Å²) >= 11 is 0. The minimum Gasteiger partial charge on any atom is -0.483 e. The third-order valence-corrected chi connectivity index (χ3v) is 4.71. The highest BCUT2D eigenvalue weighted by atomic mass is 16.3. The Morgan fingerprint density at radius 1 is 1.15 bits per heavy atom. The molecular formula is C21H22N2O4. The van der Waals surface area contributed by atoms with E-state index in [4.69, 9.17) is 9.90 Å². The number of aromatic amines is 1. The number of nitrogens with zero attached hydrogens (tertiary/aromatic N) is 1. The van der Waals surface area contributed by atoms with Gasteiger partial charge in [0.05, 0.1) is 6.10 Å². The van der Waals surface area contributed by atoms with E-state index < -0.39 is 0 Å². The van der Waals surface area contributed by atoms with E-state index in [9.17, 15) is 9.90 Å². The van der Waals surface area contributed by atoms with Crippen molar-refractivity contribution in [2.24, 2.45) is 0 Å². The Bertz CT molecular complexity index is 989. The zero-order chi connectivity index (χ0) is 19.4. The lowest BCUT2D eigenvalue weighted by atomic mass is 10.0. The molecule has 3 aromatic rings. The molecule has 0 saturated carbocycles. The fourth-order valence-corrected chi connectivity index (χ4v) is 3.32. The summed E-state index contributed by atoms with van der Waals surface area (Å²) in [5, 5.41) is 18.0. The highest BCUT2D eigenvalue weighted by Gasteiger charge is 2.23. The molecule has 0 amide bonds. The first-order valence-electron chi connectivity index (χ1n) is 8.72. The third-order valence-electron chi connectivity index (χ3n) is 4.71. The Labute approximate surface area is 156 Å². The lowest BCUT2D eigenvalue weighted by molar-refractivity contribution is -0.122. The molecule has 1 saturated heterocycles. The first-order valence-corrected chi connectivity index (χ1v) is 8.72. The van der Waals surface area contributed by atoms with E-state index in [0.29, 0.717) is 0 Å². The van der Waals surface area contributed by atoms with E-state index >= 15 is 0 Å². The Morgan fingerprint density at radius 2 is 1.81 bits per heavy atom. The van der Waals surface area contributed by atoms with E-state index in [2.05, 4.69) is 22.0 Å². The molecule has 1 fully saturated rings. The van der Waals surface area contributed by atoms with E-state index in [1.807, 2.05) is 43.3 Å². The topological polar surface area (TPSA) is 93.6 Å². The number of aliphatic hydroxyl groups excluding tert-OH is 1. The molecule has 0 aliphatic carbocycles. The number of pyridine rings is 1. The number of H-pyrrole nitrogens is 1. The van der Waals surface area contributed by atoms with Crippen LogP contribution in [0, 0.1) is 6.92 Å². The number of aliphatic hydroxyl groups is 1. The molecule has 2 aromatic carbocycles. The zero-order valence-corrected chi connectivity index (χ0v) is 15.1. The van der Waals surface area contributed by atoms with Crippen LogP contribution in [0.4, 0.5) is 0 Å². The van der Waals surface area contributed by atoms with Gasteiger partial charge in [0.15, 0.2) is 0 Å². The summed E-state index contributed by atoms with van der Waals surface area (Å²) < 4.78 is 0. The maximum atomic E-state index is 12.3. The van der Waals surface area contributed by atoms with Crippen LogP contribution in [-0.2, 0) is 11.3 Å².